The second-order valence-electron chi connectivity index (χ2n) is 5.99. The van der Waals surface area contributed by atoms with Crippen LogP contribution in [0.4, 0.5) is 0 Å². The van der Waals surface area contributed by atoms with Gasteiger partial charge in [-0.15, -0.1) is 0 Å². The van der Waals surface area contributed by atoms with Crippen LogP contribution < -0.4 is 0 Å². The minimum atomic E-state index is 0.0230. The van der Waals surface area contributed by atoms with E-state index in [4.69, 9.17) is 9.05 Å². The molecule has 0 spiro atoms. The van der Waals surface area contributed by atoms with E-state index in [0.717, 1.165) is 31.0 Å². The number of nitrogens with zero attached hydrogens (tertiary/aromatic N) is 5. The lowest BCUT2D eigenvalue weighted by molar-refractivity contribution is -0.131. The average molecular weight is 319 g/mol. The van der Waals surface area contributed by atoms with Crippen molar-refractivity contribution in [3.63, 3.8) is 0 Å². The number of hydrogen-bond donors (Lipinski definition) is 0. The Balaban J connectivity index is 1.61. The zero-order valence-corrected chi connectivity index (χ0v) is 13.7. The molecule has 1 amide bonds. The lowest BCUT2D eigenvalue weighted by atomic mass is 10.2. The molecule has 0 aliphatic carbocycles. The van der Waals surface area contributed by atoms with Crippen molar-refractivity contribution in [3.05, 3.63) is 29.2 Å². The SMILES string of the molecule is CC(=O)N(Cc1noc(C)n1)[C@H]1CCN(Cc2cc(C)no2)C1. The quantitative estimate of drug-likeness (QED) is 0.820. The van der Waals surface area contributed by atoms with E-state index in [1.165, 1.54) is 0 Å². The third-order valence-corrected chi connectivity index (χ3v) is 4.03. The van der Waals surface area contributed by atoms with E-state index in [9.17, 15) is 4.79 Å². The minimum Gasteiger partial charge on any atom is -0.360 e. The molecule has 124 valence electrons. The highest BCUT2D eigenvalue weighted by Crippen LogP contribution is 2.20. The van der Waals surface area contributed by atoms with Crippen LogP contribution in [0.25, 0.3) is 0 Å². The average Bonchev–Trinajstić information content (AvgIpc) is 3.19. The van der Waals surface area contributed by atoms with E-state index in [2.05, 4.69) is 20.2 Å². The maximum atomic E-state index is 12.0. The molecule has 8 heteroatoms. The largest absolute Gasteiger partial charge is 0.360 e. The van der Waals surface area contributed by atoms with Gasteiger partial charge < -0.3 is 13.9 Å². The van der Waals surface area contributed by atoms with Gasteiger partial charge in [0, 0.05) is 39.0 Å². The van der Waals surface area contributed by atoms with Gasteiger partial charge in [-0.1, -0.05) is 10.3 Å². The Kier molecular flexibility index (Phi) is 4.42. The van der Waals surface area contributed by atoms with Gasteiger partial charge in [0.25, 0.3) is 0 Å². The molecule has 3 heterocycles. The molecule has 8 nitrogen and oxygen atoms in total. The fourth-order valence-corrected chi connectivity index (χ4v) is 2.98. The van der Waals surface area contributed by atoms with Crippen LogP contribution in [-0.2, 0) is 17.9 Å². The fourth-order valence-electron chi connectivity index (χ4n) is 2.98. The molecule has 0 bridgehead atoms. The number of rotatable bonds is 5. The lowest BCUT2D eigenvalue weighted by Gasteiger charge is -2.26. The van der Waals surface area contributed by atoms with E-state index in [-0.39, 0.29) is 11.9 Å². The first-order valence-corrected chi connectivity index (χ1v) is 7.72. The normalized spacial score (nSPS) is 18.5. The monoisotopic (exact) mass is 319 g/mol. The molecule has 1 aliphatic rings. The zero-order valence-electron chi connectivity index (χ0n) is 13.7. The number of amides is 1. The van der Waals surface area contributed by atoms with E-state index in [1.807, 2.05) is 17.9 Å². The van der Waals surface area contributed by atoms with E-state index in [0.29, 0.717) is 24.8 Å². The van der Waals surface area contributed by atoms with Crippen molar-refractivity contribution in [3.8, 4) is 0 Å². The first kappa shape index (κ1) is 15.7. The standard InChI is InChI=1S/C15H21N5O3/c1-10-6-14(23-17-10)8-19-5-4-13(7-19)20(12(3)21)9-15-16-11(2)22-18-15/h6,13H,4-5,7-9H2,1-3H3/t13-/m0/s1. The van der Waals surface area contributed by atoms with E-state index < -0.39 is 0 Å². The summed E-state index contributed by atoms with van der Waals surface area (Å²) in [5, 5.41) is 7.79. The highest BCUT2D eigenvalue weighted by atomic mass is 16.5. The van der Waals surface area contributed by atoms with Crippen molar-refractivity contribution in [2.45, 2.75) is 46.3 Å². The molecule has 1 aliphatic heterocycles. The van der Waals surface area contributed by atoms with Crippen LogP contribution in [0.2, 0.25) is 0 Å². The fraction of sp³-hybridized carbons (Fsp3) is 0.600. The minimum absolute atomic E-state index is 0.0230. The van der Waals surface area contributed by atoms with Crippen molar-refractivity contribution >= 4 is 5.91 Å². The maximum absolute atomic E-state index is 12.0. The summed E-state index contributed by atoms with van der Waals surface area (Å²) in [6.45, 7) is 8.04. The Morgan fingerprint density at radius 3 is 2.83 bits per heavy atom. The van der Waals surface area contributed by atoms with Gasteiger partial charge in [0.05, 0.1) is 18.8 Å². The van der Waals surface area contributed by atoms with Gasteiger partial charge in [-0.05, 0) is 13.3 Å². The molecular weight excluding hydrogens is 298 g/mol. The molecule has 1 atom stereocenters. The highest BCUT2D eigenvalue weighted by Gasteiger charge is 2.30. The molecule has 2 aromatic rings. The van der Waals surface area contributed by atoms with Gasteiger partial charge in [-0.3, -0.25) is 9.69 Å². The molecule has 0 unspecified atom stereocenters. The van der Waals surface area contributed by atoms with Gasteiger partial charge >= 0.3 is 0 Å². The Hall–Kier alpha value is -2.22. The second kappa shape index (κ2) is 6.49. The Morgan fingerprint density at radius 1 is 1.39 bits per heavy atom. The summed E-state index contributed by atoms with van der Waals surface area (Å²) < 4.78 is 10.2. The summed E-state index contributed by atoms with van der Waals surface area (Å²) in [4.78, 5) is 20.3. The summed E-state index contributed by atoms with van der Waals surface area (Å²) in [5.74, 6) is 1.93. The van der Waals surface area contributed by atoms with Gasteiger partial charge in [0.1, 0.15) is 0 Å². The number of aromatic nitrogens is 3. The van der Waals surface area contributed by atoms with Crippen LogP contribution in [0.15, 0.2) is 15.1 Å². The molecule has 23 heavy (non-hydrogen) atoms. The van der Waals surface area contributed by atoms with Crippen LogP contribution in [0, 0.1) is 13.8 Å². The van der Waals surface area contributed by atoms with Gasteiger partial charge in [-0.2, -0.15) is 4.98 Å². The van der Waals surface area contributed by atoms with Crippen molar-refractivity contribution < 1.29 is 13.8 Å². The second-order valence-corrected chi connectivity index (χ2v) is 5.99. The van der Waals surface area contributed by atoms with Gasteiger partial charge in [0.15, 0.2) is 11.6 Å². The molecule has 2 aromatic heterocycles. The number of carbonyl (C=O) groups excluding carboxylic acids is 1. The summed E-state index contributed by atoms with van der Waals surface area (Å²) in [6.07, 6.45) is 0.920. The van der Waals surface area contributed by atoms with Crippen LogP contribution in [0.5, 0.6) is 0 Å². The number of aryl methyl sites for hydroxylation is 2. The Morgan fingerprint density at radius 2 is 2.22 bits per heavy atom. The first-order chi connectivity index (χ1) is 11.0. The van der Waals surface area contributed by atoms with Crippen molar-refractivity contribution in [1.29, 1.82) is 0 Å². The first-order valence-electron chi connectivity index (χ1n) is 7.72. The predicted octanol–water partition coefficient (Wildman–Crippen LogP) is 1.30. The van der Waals surface area contributed by atoms with Crippen LogP contribution >= 0.6 is 0 Å². The maximum Gasteiger partial charge on any atom is 0.223 e. The third kappa shape index (κ3) is 3.76. The molecule has 1 fully saturated rings. The zero-order chi connectivity index (χ0) is 16.4. The molecule has 1 saturated heterocycles. The summed E-state index contributed by atoms with van der Waals surface area (Å²) in [7, 11) is 0. The summed E-state index contributed by atoms with van der Waals surface area (Å²) in [6, 6.07) is 2.09. The highest BCUT2D eigenvalue weighted by molar-refractivity contribution is 5.73. The Labute approximate surface area is 134 Å². The topological polar surface area (TPSA) is 88.5 Å². The molecule has 0 radical (unpaired) electrons. The van der Waals surface area contributed by atoms with Crippen LogP contribution in [0.3, 0.4) is 0 Å². The molecule has 3 rings (SSSR count). The molecule has 0 N–H and O–H groups in total. The predicted molar refractivity (Wildman–Crippen MR) is 80.2 cm³/mol. The van der Waals surface area contributed by atoms with Crippen molar-refractivity contribution in [2.75, 3.05) is 13.1 Å². The van der Waals surface area contributed by atoms with Crippen LogP contribution in [0.1, 0.15) is 36.5 Å². The molecular formula is C15H21N5O3. The van der Waals surface area contributed by atoms with Gasteiger partial charge in [0.2, 0.25) is 11.8 Å². The third-order valence-electron chi connectivity index (χ3n) is 4.03. The van der Waals surface area contributed by atoms with E-state index in [1.54, 1.807) is 13.8 Å². The smallest absolute Gasteiger partial charge is 0.223 e. The summed E-state index contributed by atoms with van der Waals surface area (Å²) >= 11 is 0. The van der Waals surface area contributed by atoms with Crippen molar-refractivity contribution in [2.24, 2.45) is 0 Å². The van der Waals surface area contributed by atoms with Gasteiger partial charge in [-0.25, -0.2) is 0 Å². The van der Waals surface area contributed by atoms with Crippen LogP contribution in [-0.4, -0.2) is 50.1 Å². The van der Waals surface area contributed by atoms with Crippen molar-refractivity contribution in [1.82, 2.24) is 25.1 Å². The number of hydrogen-bond acceptors (Lipinski definition) is 7. The Bertz CT molecular complexity index is 680. The number of carbonyl (C=O) groups is 1. The number of likely N-dealkylation sites (tertiary alicyclic amines) is 1. The molecule has 0 aromatic carbocycles. The van der Waals surface area contributed by atoms with E-state index >= 15 is 0 Å². The molecule has 0 saturated carbocycles. The lowest BCUT2D eigenvalue weighted by Crippen LogP contribution is -2.40. The summed E-state index contributed by atoms with van der Waals surface area (Å²) in [5.41, 5.74) is 0.883.